The average molecular weight is 438 g/mol. The van der Waals surface area contributed by atoms with E-state index in [2.05, 4.69) is 37.1 Å². The first kappa shape index (κ1) is 22.0. The summed E-state index contributed by atoms with van der Waals surface area (Å²) in [4.78, 5) is 4.61. The van der Waals surface area contributed by atoms with Crippen molar-refractivity contribution in [2.75, 3.05) is 7.05 Å². The van der Waals surface area contributed by atoms with E-state index in [1.165, 1.54) is 0 Å². The molecule has 1 aliphatic carbocycles. The van der Waals surface area contributed by atoms with Crippen molar-refractivity contribution in [3.8, 4) is 17.2 Å². The van der Waals surface area contributed by atoms with Crippen LogP contribution in [0.25, 0.3) is 17.2 Å². The van der Waals surface area contributed by atoms with Crippen LogP contribution in [0.3, 0.4) is 0 Å². The van der Waals surface area contributed by atoms with E-state index >= 15 is 0 Å². The smallest absolute Gasteiger partial charge is 0.0998 e. The van der Waals surface area contributed by atoms with Crippen molar-refractivity contribution in [3.05, 3.63) is 59.9 Å². The van der Waals surface area contributed by atoms with Crippen LogP contribution >= 0.6 is 10.8 Å². The van der Waals surface area contributed by atoms with Crippen LogP contribution in [0.15, 0.2) is 48.7 Å². The molecule has 1 aromatic carbocycles. The Bertz CT molecular complexity index is 999. The lowest BCUT2D eigenvalue weighted by Crippen LogP contribution is -2.39. The molecule has 31 heavy (non-hydrogen) atoms. The van der Waals surface area contributed by atoms with E-state index in [1.54, 1.807) is 4.31 Å². The second-order valence-electron chi connectivity index (χ2n) is 8.78. The molecule has 1 saturated heterocycles. The zero-order chi connectivity index (χ0) is 22.2. The van der Waals surface area contributed by atoms with Gasteiger partial charge in [-0.25, -0.2) is 4.31 Å². The number of aromatic nitrogens is 1. The standard InChI is InChI=1S/C25H31N3O2S/c1-4-18-10-14-24-25(17(2)28(3)31(24,29)30)23(18)13-12-21-11-9-20(16-27-21)22-8-6-5-7-19(22)15-26/h5-9,11-13,16-18,23-25,29-30H,4,10,14H2,1-3H3/t17-,18-,23+,24-,25+/m1/s1. The zero-order valence-corrected chi connectivity index (χ0v) is 19.2. The molecule has 5 atom stereocenters. The molecule has 0 amide bonds. The molecule has 6 heteroatoms. The number of nitriles is 1. The summed E-state index contributed by atoms with van der Waals surface area (Å²) in [7, 11) is -0.861. The Morgan fingerprint density at radius 3 is 2.68 bits per heavy atom. The van der Waals surface area contributed by atoms with Gasteiger partial charge in [-0.2, -0.15) is 5.26 Å². The lowest BCUT2D eigenvalue weighted by atomic mass is 9.68. The maximum Gasteiger partial charge on any atom is 0.0998 e. The molecule has 5 nitrogen and oxygen atoms in total. The van der Waals surface area contributed by atoms with Crippen molar-refractivity contribution >= 4 is 16.9 Å². The van der Waals surface area contributed by atoms with E-state index < -0.39 is 10.8 Å². The highest BCUT2D eigenvalue weighted by Crippen LogP contribution is 2.64. The summed E-state index contributed by atoms with van der Waals surface area (Å²) in [5.41, 5.74) is 3.34. The van der Waals surface area contributed by atoms with Gasteiger partial charge in [0.2, 0.25) is 0 Å². The number of benzene rings is 1. The molecule has 4 rings (SSSR count). The molecule has 0 bridgehead atoms. The Labute approximate surface area is 186 Å². The van der Waals surface area contributed by atoms with E-state index in [-0.39, 0.29) is 17.2 Å². The van der Waals surface area contributed by atoms with Gasteiger partial charge in [0.05, 0.1) is 22.6 Å². The Kier molecular flexibility index (Phi) is 6.23. The molecule has 2 heterocycles. The Balaban J connectivity index is 1.58. The van der Waals surface area contributed by atoms with Crippen molar-refractivity contribution in [1.82, 2.24) is 9.29 Å². The molecule has 164 valence electrons. The summed E-state index contributed by atoms with van der Waals surface area (Å²) in [5, 5.41) is 9.29. The summed E-state index contributed by atoms with van der Waals surface area (Å²) in [6, 6.07) is 13.9. The maximum atomic E-state index is 10.8. The third-order valence-electron chi connectivity index (χ3n) is 7.36. The third-order valence-corrected chi connectivity index (χ3v) is 9.90. The zero-order valence-electron chi connectivity index (χ0n) is 18.3. The highest BCUT2D eigenvalue weighted by Gasteiger charge is 2.54. The minimum Gasteiger partial charge on any atom is -0.285 e. The number of allylic oxidation sites excluding steroid dienone is 1. The minimum absolute atomic E-state index is 0.0530. The van der Waals surface area contributed by atoms with Crippen molar-refractivity contribution in [3.63, 3.8) is 0 Å². The topological polar surface area (TPSA) is 80.4 Å². The van der Waals surface area contributed by atoms with Gasteiger partial charge in [0.1, 0.15) is 0 Å². The van der Waals surface area contributed by atoms with Gasteiger partial charge in [0, 0.05) is 36.3 Å². The van der Waals surface area contributed by atoms with Crippen LogP contribution in [0.4, 0.5) is 0 Å². The van der Waals surface area contributed by atoms with Crippen LogP contribution in [-0.2, 0) is 0 Å². The molecule has 2 aromatic rings. The van der Waals surface area contributed by atoms with E-state index in [0.717, 1.165) is 36.1 Å². The molecule has 2 fully saturated rings. The van der Waals surface area contributed by atoms with Crippen molar-refractivity contribution in [2.45, 2.75) is 44.4 Å². The number of pyridine rings is 1. The van der Waals surface area contributed by atoms with Crippen LogP contribution in [0.5, 0.6) is 0 Å². The average Bonchev–Trinajstić information content (AvgIpc) is 2.98. The van der Waals surface area contributed by atoms with E-state index in [9.17, 15) is 14.4 Å². The molecule has 2 N–H and O–H groups in total. The molecule has 1 aromatic heterocycles. The Morgan fingerprint density at radius 2 is 2.00 bits per heavy atom. The quantitative estimate of drug-likeness (QED) is 0.608. The largest absolute Gasteiger partial charge is 0.285 e. The molecular formula is C25H31N3O2S. The summed E-state index contributed by atoms with van der Waals surface area (Å²) >= 11 is 0. The first-order chi connectivity index (χ1) is 14.9. The second kappa shape index (κ2) is 8.76. The number of hydrogen-bond donors (Lipinski definition) is 2. The summed E-state index contributed by atoms with van der Waals surface area (Å²) in [5.74, 6) is 1.09. The van der Waals surface area contributed by atoms with Gasteiger partial charge in [-0.1, -0.05) is 43.7 Å². The molecule has 0 unspecified atom stereocenters. The normalized spacial score (nSPS) is 31.3. The van der Waals surface area contributed by atoms with E-state index in [1.807, 2.05) is 49.6 Å². The Hall–Kier alpha value is -2.17. The van der Waals surface area contributed by atoms with Crippen LogP contribution < -0.4 is 0 Å². The molecule has 2 aliphatic rings. The van der Waals surface area contributed by atoms with Crippen LogP contribution in [-0.4, -0.2) is 36.7 Å². The van der Waals surface area contributed by atoms with Crippen molar-refractivity contribution < 1.29 is 9.11 Å². The van der Waals surface area contributed by atoms with Crippen molar-refractivity contribution in [2.24, 2.45) is 17.8 Å². The number of nitrogens with zero attached hydrogens (tertiary/aromatic N) is 3. The van der Waals surface area contributed by atoms with E-state index in [0.29, 0.717) is 17.4 Å². The summed E-state index contributed by atoms with van der Waals surface area (Å²) in [6.45, 7) is 4.35. The molecule has 1 saturated carbocycles. The first-order valence-electron chi connectivity index (χ1n) is 11.0. The highest BCUT2D eigenvalue weighted by molar-refractivity contribution is 8.23. The predicted octanol–water partition coefficient (Wildman–Crippen LogP) is 6.05. The summed E-state index contributed by atoms with van der Waals surface area (Å²) in [6.07, 6.45) is 9.15. The monoisotopic (exact) mass is 437 g/mol. The van der Waals surface area contributed by atoms with Crippen LogP contribution in [0.2, 0.25) is 0 Å². The fourth-order valence-electron chi connectivity index (χ4n) is 5.49. The molecule has 0 radical (unpaired) electrons. The van der Waals surface area contributed by atoms with Gasteiger partial charge in [-0.3, -0.25) is 14.1 Å². The number of rotatable bonds is 4. The number of hydrogen-bond acceptors (Lipinski definition) is 5. The van der Waals surface area contributed by atoms with Crippen molar-refractivity contribution in [1.29, 1.82) is 5.26 Å². The summed E-state index contributed by atoms with van der Waals surface area (Å²) < 4.78 is 23.4. The molecular weight excluding hydrogens is 406 g/mol. The molecule has 0 spiro atoms. The SMILES string of the molecule is CC[C@@H]1CC[C@@H]2[C@H]([C@H]1C=Cc1ccc(-c3ccccc3C#N)cn1)[C@@H](C)N(C)S2(O)O. The number of fused-ring (bicyclic) bond motifs is 1. The van der Waals surface area contributed by atoms with E-state index in [4.69, 9.17) is 0 Å². The minimum atomic E-state index is -2.71. The van der Waals surface area contributed by atoms with Gasteiger partial charge in [0.25, 0.3) is 0 Å². The van der Waals surface area contributed by atoms with Crippen LogP contribution in [0.1, 0.15) is 44.4 Å². The highest BCUT2D eigenvalue weighted by atomic mass is 32.3. The van der Waals surface area contributed by atoms with Gasteiger partial charge in [0.15, 0.2) is 0 Å². The lowest BCUT2D eigenvalue weighted by molar-refractivity contribution is 0.161. The van der Waals surface area contributed by atoms with Gasteiger partial charge < -0.3 is 0 Å². The van der Waals surface area contributed by atoms with Gasteiger partial charge in [-0.05, 0) is 49.8 Å². The Morgan fingerprint density at radius 1 is 1.23 bits per heavy atom. The van der Waals surface area contributed by atoms with Gasteiger partial charge in [-0.15, -0.1) is 10.8 Å². The first-order valence-corrected chi connectivity index (χ1v) is 12.6. The lowest BCUT2D eigenvalue weighted by Gasteiger charge is -2.44. The van der Waals surface area contributed by atoms with Gasteiger partial charge >= 0.3 is 0 Å². The maximum absolute atomic E-state index is 10.8. The predicted molar refractivity (Wildman–Crippen MR) is 127 cm³/mol. The second-order valence-corrected chi connectivity index (χ2v) is 11.1. The fraction of sp³-hybridized carbons (Fsp3) is 0.440. The van der Waals surface area contributed by atoms with Crippen LogP contribution in [0, 0.1) is 29.1 Å². The fourth-order valence-corrected chi connectivity index (χ4v) is 7.83. The third kappa shape index (κ3) is 3.92. The molecule has 1 aliphatic heterocycles.